The Bertz CT molecular complexity index is 409. The monoisotopic (exact) mass is 182 g/mol. The van der Waals surface area contributed by atoms with Gasteiger partial charge in [-0.2, -0.15) is 0 Å². The van der Waals surface area contributed by atoms with Crippen molar-refractivity contribution in [1.82, 2.24) is 14.4 Å². The third kappa shape index (κ3) is 1.00. The molecule has 2 rings (SSSR count). The molecule has 4 nitrogen and oxygen atoms in total. The zero-order valence-corrected chi connectivity index (χ0v) is 7.21. The highest BCUT2D eigenvalue weighted by Gasteiger charge is 2.01. The minimum Gasteiger partial charge on any atom is -0.374 e. The van der Waals surface area contributed by atoms with E-state index < -0.39 is 0 Å². The fraction of sp³-hybridized carbons (Fsp3) is 0.143. The number of nitrogens with one attached hydrogen (secondary N) is 1. The fourth-order valence-electron chi connectivity index (χ4n) is 1.07. The average molecular weight is 183 g/mol. The summed E-state index contributed by atoms with van der Waals surface area (Å²) in [6.45, 7) is 0. The van der Waals surface area contributed by atoms with Gasteiger partial charge in [0.15, 0.2) is 0 Å². The van der Waals surface area contributed by atoms with Crippen LogP contribution in [-0.4, -0.2) is 21.4 Å². The van der Waals surface area contributed by atoms with Crippen LogP contribution >= 0.6 is 11.6 Å². The quantitative estimate of drug-likeness (QED) is 0.679. The molecule has 0 amide bonds. The Morgan fingerprint density at radius 2 is 2.42 bits per heavy atom. The van der Waals surface area contributed by atoms with Crippen LogP contribution in [-0.2, 0) is 0 Å². The summed E-state index contributed by atoms with van der Waals surface area (Å²) in [4.78, 5) is 8.04. The van der Waals surface area contributed by atoms with Gasteiger partial charge in [-0.1, -0.05) is 11.6 Å². The van der Waals surface area contributed by atoms with Crippen molar-refractivity contribution >= 4 is 23.2 Å². The fourth-order valence-corrected chi connectivity index (χ4v) is 1.25. The second kappa shape index (κ2) is 2.64. The van der Waals surface area contributed by atoms with Gasteiger partial charge in [-0.05, 0) is 0 Å². The molecule has 0 aromatic carbocycles. The molecule has 2 aromatic heterocycles. The number of halogens is 1. The maximum atomic E-state index is 5.76. The Kier molecular flexibility index (Phi) is 1.62. The summed E-state index contributed by atoms with van der Waals surface area (Å²) >= 11 is 5.76. The standard InChI is InChI=1S/C7H7ClN4/c1-9-6-4-5(8)11-7-10-2-3-12(6)7/h2-4,9H,1H3. The molecule has 0 fully saturated rings. The molecular formula is C7H7ClN4. The number of imidazole rings is 1. The summed E-state index contributed by atoms with van der Waals surface area (Å²) in [6.07, 6.45) is 3.50. The van der Waals surface area contributed by atoms with Crippen LogP contribution in [0.3, 0.4) is 0 Å². The van der Waals surface area contributed by atoms with Gasteiger partial charge in [-0.25, -0.2) is 9.97 Å². The van der Waals surface area contributed by atoms with E-state index in [0.29, 0.717) is 10.9 Å². The van der Waals surface area contributed by atoms with E-state index in [2.05, 4.69) is 15.3 Å². The smallest absolute Gasteiger partial charge is 0.236 e. The minimum atomic E-state index is 0.443. The molecule has 0 radical (unpaired) electrons. The van der Waals surface area contributed by atoms with Gasteiger partial charge in [0.2, 0.25) is 5.78 Å². The van der Waals surface area contributed by atoms with Gasteiger partial charge in [0.1, 0.15) is 11.0 Å². The molecule has 0 aliphatic rings. The summed E-state index contributed by atoms with van der Waals surface area (Å²) < 4.78 is 1.83. The number of nitrogens with zero attached hydrogens (tertiary/aromatic N) is 3. The van der Waals surface area contributed by atoms with Crippen LogP contribution < -0.4 is 5.32 Å². The van der Waals surface area contributed by atoms with Crippen molar-refractivity contribution in [2.45, 2.75) is 0 Å². The molecule has 2 heterocycles. The largest absolute Gasteiger partial charge is 0.374 e. The van der Waals surface area contributed by atoms with Crippen LogP contribution in [0.15, 0.2) is 18.5 Å². The predicted octanol–water partition coefficient (Wildman–Crippen LogP) is 1.42. The first-order valence-electron chi connectivity index (χ1n) is 3.48. The Hall–Kier alpha value is -1.29. The van der Waals surface area contributed by atoms with E-state index in [9.17, 15) is 0 Å². The molecular weight excluding hydrogens is 176 g/mol. The first-order valence-corrected chi connectivity index (χ1v) is 3.86. The number of rotatable bonds is 1. The molecule has 0 unspecified atom stereocenters. The molecule has 5 heteroatoms. The van der Waals surface area contributed by atoms with E-state index >= 15 is 0 Å². The Labute approximate surface area is 74.2 Å². The van der Waals surface area contributed by atoms with Crippen LogP contribution in [0, 0.1) is 0 Å². The van der Waals surface area contributed by atoms with Crippen LogP contribution in [0.25, 0.3) is 5.78 Å². The second-order valence-corrected chi connectivity index (χ2v) is 2.70. The highest BCUT2D eigenvalue weighted by molar-refractivity contribution is 6.29. The van der Waals surface area contributed by atoms with Crippen LogP contribution in [0.1, 0.15) is 0 Å². The summed E-state index contributed by atoms with van der Waals surface area (Å²) in [5, 5.41) is 3.44. The molecule has 0 spiro atoms. The van der Waals surface area contributed by atoms with Gasteiger partial charge in [0.05, 0.1) is 0 Å². The van der Waals surface area contributed by atoms with Gasteiger partial charge >= 0.3 is 0 Å². The molecule has 0 aliphatic heterocycles. The summed E-state index contributed by atoms with van der Waals surface area (Å²) in [6, 6.07) is 1.75. The lowest BCUT2D eigenvalue weighted by Crippen LogP contribution is -1.98. The van der Waals surface area contributed by atoms with E-state index in [1.807, 2.05) is 17.6 Å². The van der Waals surface area contributed by atoms with Gasteiger partial charge in [-0.15, -0.1) is 0 Å². The van der Waals surface area contributed by atoms with Crippen molar-refractivity contribution in [3.63, 3.8) is 0 Å². The lowest BCUT2D eigenvalue weighted by atomic mass is 10.6. The Balaban J connectivity index is 2.80. The zero-order chi connectivity index (χ0) is 8.55. The predicted molar refractivity (Wildman–Crippen MR) is 47.5 cm³/mol. The molecule has 0 saturated heterocycles. The third-order valence-electron chi connectivity index (χ3n) is 1.60. The van der Waals surface area contributed by atoms with E-state index in [1.54, 1.807) is 12.3 Å². The van der Waals surface area contributed by atoms with Crippen LogP contribution in [0.4, 0.5) is 5.82 Å². The number of anilines is 1. The molecule has 62 valence electrons. The Morgan fingerprint density at radius 3 is 3.17 bits per heavy atom. The average Bonchev–Trinajstić information content (AvgIpc) is 2.50. The molecule has 0 bridgehead atoms. The summed E-state index contributed by atoms with van der Waals surface area (Å²) in [5.74, 6) is 1.48. The Morgan fingerprint density at radius 1 is 1.58 bits per heavy atom. The topological polar surface area (TPSA) is 42.2 Å². The van der Waals surface area contributed by atoms with E-state index in [0.717, 1.165) is 5.82 Å². The van der Waals surface area contributed by atoms with E-state index in [4.69, 9.17) is 11.6 Å². The highest BCUT2D eigenvalue weighted by Crippen LogP contribution is 2.14. The molecule has 2 aromatic rings. The number of hydrogen-bond donors (Lipinski definition) is 1. The van der Waals surface area contributed by atoms with E-state index in [1.165, 1.54) is 0 Å². The number of fused-ring (bicyclic) bond motifs is 1. The van der Waals surface area contributed by atoms with Crippen molar-refractivity contribution in [2.75, 3.05) is 12.4 Å². The van der Waals surface area contributed by atoms with Crippen molar-refractivity contribution in [3.8, 4) is 0 Å². The van der Waals surface area contributed by atoms with Crippen molar-refractivity contribution in [2.24, 2.45) is 0 Å². The SMILES string of the molecule is CNc1cc(Cl)nc2nccn12. The molecule has 0 atom stereocenters. The zero-order valence-electron chi connectivity index (χ0n) is 6.45. The van der Waals surface area contributed by atoms with Crippen molar-refractivity contribution in [3.05, 3.63) is 23.6 Å². The van der Waals surface area contributed by atoms with Crippen LogP contribution in [0.5, 0.6) is 0 Å². The van der Waals surface area contributed by atoms with E-state index in [-0.39, 0.29) is 0 Å². The lowest BCUT2D eigenvalue weighted by Gasteiger charge is -2.03. The highest BCUT2D eigenvalue weighted by atomic mass is 35.5. The third-order valence-corrected chi connectivity index (χ3v) is 1.79. The first-order chi connectivity index (χ1) is 5.81. The lowest BCUT2D eigenvalue weighted by molar-refractivity contribution is 1.10. The molecule has 0 saturated carbocycles. The number of hydrogen-bond acceptors (Lipinski definition) is 3. The van der Waals surface area contributed by atoms with Gasteiger partial charge in [-0.3, -0.25) is 4.40 Å². The van der Waals surface area contributed by atoms with Crippen LogP contribution in [0.2, 0.25) is 5.15 Å². The molecule has 1 N–H and O–H groups in total. The van der Waals surface area contributed by atoms with Crippen molar-refractivity contribution < 1.29 is 0 Å². The molecule has 12 heavy (non-hydrogen) atoms. The number of aromatic nitrogens is 3. The minimum absolute atomic E-state index is 0.443. The van der Waals surface area contributed by atoms with Crippen molar-refractivity contribution in [1.29, 1.82) is 0 Å². The summed E-state index contributed by atoms with van der Waals surface area (Å²) in [7, 11) is 1.82. The maximum Gasteiger partial charge on any atom is 0.236 e. The van der Waals surface area contributed by atoms with Gasteiger partial charge in [0, 0.05) is 25.5 Å². The van der Waals surface area contributed by atoms with Gasteiger partial charge in [0.25, 0.3) is 0 Å². The van der Waals surface area contributed by atoms with Gasteiger partial charge < -0.3 is 5.32 Å². The normalized spacial score (nSPS) is 10.5. The second-order valence-electron chi connectivity index (χ2n) is 2.31. The first kappa shape index (κ1) is 7.36. The molecule has 0 aliphatic carbocycles. The maximum absolute atomic E-state index is 5.76. The summed E-state index contributed by atoms with van der Waals surface area (Å²) in [5.41, 5.74) is 0.